The standard InChI is InChI=1S/C22H27N5O10/c23-12(9-28)19(33)25-14(5-10-8-24-13-4-2-1-3-11(10)13)20(34)26-15(6-17(29)30)21(35)27-16(22(36)37)7-18(31)32/h1-4,8,12,14-16,24,28H,5-7,9,23H2,(H,25,33)(H,26,34)(H,27,35)(H,29,30)(H,31,32)(H,36,37). The van der Waals surface area contributed by atoms with Gasteiger partial charge in [-0.1, -0.05) is 18.2 Å². The smallest absolute Gasteiger partial charge is 0.326 e. The van der Waals surface area contributed by atoms with E-state index < -0.39 is 79.2 Å². The van der Waals surface area contributed by atoms with E-state index in [2.05, 4.69) is 15.6 Å². The molecule has 3 amide bonds. The number of aromatic amines is 1. The predicted molar refractivity (Wildman–Crippen MR) is 125 cm³/mol. The molecule has 2 aromatic rings. The fourth-order valence-electron chi connectivity index (χ4n) is 3.39. The van der Waals surface area contributed by atoms with E-state index in [1.54, 1.807) is 30.5 Å². The summed E-state index contributed by atoms with van der Waals surface area (Å²) in [6.07, 6.45) is -0.500. The minimum Gasteiger partial charge on any atom is -0.481 e. The SMILES string of the molecule is NC(CO)C(=O)NC(Cc1c[nH]c2ccccc12)C(=O)NC(CC(=O)O)C(=O)NC(CC(=O)O)C(=O)O. The van der Waals surface area contributed by atoms with E-state index in [4.69, 9.17) is 21.1 Å². The third kappa shape index (κ3) is 8.29. The van der Waals surface area contributed by atoms with Crippen LogP contribution in [0.3, 0.4) is 0 Å². The van der Waals surface area contributed by atoms with Crippen LogP contribution in [0.1, 0.15) is 18.4 Å². The Morgan fingerprint density at radius 3 is 1.95 bits per heavy atom. The van der Waals surface area contributed by atoms with E-state index in [0.29, 0.717) is 5.56 Å². The highest BCUT2D eigenvalue weighted by Gasteiger charge is 2.32. The van der Waals surface area contributed by atoms with E-state index in [1.807, 2.05) is 5.32 Å². The Labute approximate surface area is 209 Å². The average molecular weight is 521 g/mol. The number of fused-ring (bicyclic) bond motifs is 1. The first kappa shape index (κ1) is 28.7. The average Bonchev–Trinajstić information content (AvgIpc) is 3.24. The molecule has 37 heavy (non-hydrogen) atoms. The van der Waals surface area contributed by atoms with Gasteiger partial charge in [-0.15, -0.1) is 0 Å². The number of nitrogens with one attached hydrogen (secondary N) is 4. The highest BCUT2D eigenvalue weighted by Crippen LogP contribution is 2.19. The highest BCUT2D eigenvalue weighted by molar-refractivity contribution is 5.96. The number of H-pyrrole nitrogens is 1. The van der Waals surface area contributed by atoms with Crippen molar-refractivity contribution >= 4 is 46.5 Å². The summed E-state index contributed by atoms with van der Waals surface area (Å²) < 4.78 is 0. The Morgan fingerprint density at radius 1 is 0.811 bits per heavy atom. The Hall–Kier alpha value is -4.50. The van der Waals surface area contributed by atoms with Gasteiger partial charge in [0, 0.05) is 23.5 Å². The van der Waals surface area contributed by atoms with Crippen molar-refractivity contribution in [2.45, 2.75) is 43.4 Å². The van der Waals surface area contributed by atoms with Crippen LogP contribution in [0.2, 0.25) is 0 Å². The molecule has 2 rings (SSSR count). The quantitative estimate of drug-likeness (QED) is 0.126. The molecule has 0 saturated carbocycles. The van der Waals surface area contributed by atoms with Crippen LogP contribution in [0.25, 0.3) is 10.9 Å². The maximum Gasteiger partial charge on any atom is 0.326 e. The van der Waals surface area contributed by atoms with E-state index in [-0.39, 0.29) is 6.42 Å². The molecule has 15 heteroatoms. The maximum absolute atomic E-state index is 13.1. The number of hydrogen-bond acceptors (Lipinski definition) is 8. The van der Waals surface area contributed by atoms with Crippen molar-refractivity contribution in [3.05, 3.63) is 36.0 Å². The Bertz CT molecular complexity index is 1180. The second kappa shape index (κ2) is 13.0. The number of rotatable bonds is 14. The van der Waals surface area contributed by atoms with E-state index in [0.717, 1.165) is 10.9 Å². The summed E-state index contributed by atoms with van der Waals surface area (Å²) in [5.74, 6) is -7.89. The first-order valence-electron chi connectivity index (χ1n) is 10.9. The number of carbonyl (C=O) groups is 6. The number of aliphatic hydroxyl groups excluding tert-OH is 1. The lowest BCUT2D eigenvalue weighted by Crippen LogP contribution is -2.58. The van der Waals surface area contributed by atoms with Crippen LogP contribution in [-0.2, 0) is 35.2 Å². The van der Waals surface area contributed by atoms with E-state index in [1.165, 1.54) is 0 Å². The number of carbonyl (C=O) groups excluding carboxylic acids is 3. The van der Waals surface area contributed by atoms with E-state index >= 15 is 0 Å². The van der Waals surface area contributed by atoms with Crippen molar-refractivity contribution in [2.75, 3.05) is 6.61 Å². The van der Waals surface area contributed by atoms with Gasteiger partial charge < -0.3 is 47.1 Å². The molecule has 0 fully saturated rings. The zero-order valence-electron chi connectivity index (χ0n) is 19.3. The summed E-state index contributed by atoms with van der Waals surface area (Å²) in [6.45, 7) is -0.725. The van der Waals surface area contributed by atoms with Gasteiger partial charge in [-0.25, -0.2) is 4.79 Å². The highest BCUT2D eigenvalue weighted by atomic mass is 16.4. The van der Waals surface area contributed by atoms with Crippen LogP contribution in [0.5, 0.6) is 0 Å². The number of aliphatic hydroxyl groups is 1. The molecule has 1 aromatic carbocycles. The summed E-state index contributed by atoms with van der Waals surface area (Å²) in [4.78, 5) is 74.5. The molecule has 4 unspecified atom stereocenters. The van der Waals surface area contributed by atoms with Crippen molar-refractivity contribution in [3.8, 4) is 0 Å². The third-order valence-electron chi connectivity index (χ3n) is 5.27. The Morgan fingerprint density at radius 2 is 1.35 bits per heavy atom. The van der Waals surface area contributed by atoms with Crippen molar-refractivity contribution in [1.82, 2.24) is 20.9 Å². The molecular weight excluding hydrogens is 494 g/mol. The lowest BCUT2D eigenvalue weighted by molar-refractivity contribution is -0.148. The molecule has 1 aromatic heterocycles. The van der Waals surface area contributed by atoms with Gasteiger partial charge in [0.2, 0.25) is 17.7 Å². The number of aromatic nitrogens is 1. The lowest BCUT2D eigenvalue weighted by atomic mass is 10.0. The summed E-state index contributed by atoms with van der Waals surface area (Å²) in [7, 11) is 0. The van der Waals surface area contributed by atoms with E-state index in [9.17, 15) is 33.9 Å². The van der Waals surface area contributed by atoms with Crippen molar-refractivity contribution in [3.63, 3.8) is 0 Å². The van der Waals surface area contributed by atoms with Gasteiger partial charge >= 0.3 is 17.9 Å². The Kier molecular flexibility index (Phi) is 10.1. The zero-order chi connectivity index (χ0) is 27.7. The normalized spacial score (nSPS) is 14.1. The number of carboxylic acids is 3. The molecule has 0 aliphatic rings. The number of benzene rings is 1. The van der Waals surface area contributed by atoms with Crippen LogP contribution in [0, 0.1) is 0 Å². The van der Waals surface area contributed by atoms with Crippen LogP contribution >= 0.6 is 0 Å². The van der Waals surface area contributed by atoms with Crippen molar-refractivity contribution < 1.29 is 49.2 Å². The molecule has 10 N–H and O–H groups in total. The monoisotopic (exact) mass is 521 g/mol. The molecule has 15 nitrogen and oxygen atoms in total. The van der Waals surface area contributed by atoms with Gasteiger partial charge in [-0.05, 0) is 11.6 Å². The van der Waals surface area contributed by atoms with Gasteiger partial charge in [0.05, 0.1) is 19.4 Å². The fraction of sp³-hybridized carbons (Fsp3) is 0.364. The summed E-state index contributed by atoms with van der Waals surface area (Å²) >= 11 is 0. The largest absolute Gasteiger partial charge is 0.481 e. The third-order valence-corrected chi connectivity index (χ3v) is 5.27. The number of para-hydroxylation sites is 1. The van der Waals surface area contributed by atoms with Crippen LogP contribution in [-0.4, -0.2) is 91.8 Å². The number of carboxylic acid groups (broad SMARTS) is 3. The summed E-state index contributed by atoms with van der Waals surface area (Å²) in [5.41, 5.74) is 6.84. The lowest BCUT2D eigenvalue weighted by Gasteiger charge is -2.24. The second-order valence-electron chi connectivity index (χ2n) is 8.07. The maximum atomic E-state index is 13.1. The number of aliphatic carboxylic acids is 3. The summed E-state index contributed by atoms with van der Waals surface area (Å²) in [5, 5.41) is 43.5. The van der Waals surface area contributed by atoms with Gasteiger partial charge in [-0.3, -0.25) is 24.0 Å². The topological polar surface area (TPSA) is 261 Å². The van der Waals surface area contributed by atoms with Gasteiger partial charge in [0.25, 0.3) is 0 Å². The first-order valence-corrected chi connectivity index (χ1v) is 10.9. The fourth-order valence-corrected chi connectivity index (χ4v) is 3.39. The minimum atomic E-state index is -1.89. The number of hydrogen-bond donors (Lipinski definition) is 9. The zero-order valence-corrected chi connectivity index (χ0v) is 19.3. The first-order chi connectivity index (χ1) is 17.4. The molecule has 0 radical (unpaired) electrons. The molecule has 1 heterocycles. The molecule has 200 valence electrons. The van der Waals surface area contributed by atoms with Crippen LogP contribution < -0.4 is 21.7 Å². The molecule has 0 bridgehead atoms. The molecule has 0 aliphatic carbocycles. The molecule has 0 aliphatic heterocycles. The summed E-state index contributed by atoms with van der Waals surface area (Å²) in [6, 6.07) is 0.601. The number of nitrogens with two attached hydrogens (primary N) is 1. The molecular formula is C22H27N5O10. The molecule has 4 atom stereocenters. The minimum absolute atomic E-state index is 0.127. The van der Waals surface area contributed by atoms with Crippen molar-refractivity contribution in [1.29, 1.82) is 0 Å². The number of amides is 3. The van der Waals surface area contributed by atoms with Gasteiger partial charge in [0.15, 0.2) is 0 Å². The van der Waals surface area contributed by atoms with Gasteiger partial charge in [0.1, 0.15) is 24.2 Å². The Balaban J connectivity index is 2.30. The van der Waals surface area contributed by atoms with Crippen LogP contribution in [0.15, 0.2) is 30.5 Å². The second-order valence-corrected chi connectivity index (χ2v) is 8.07. The molecule has 0 spiro atoms. The van der Waals surface area contributed by atoms with Gasteiger partial charge in [-0.2, -0.15) is 0 Å². The molecule has 0 saturated heterocycles. The van der Waals surface area contributed by atoms with Crippen LogP contribution in [0.4, 0.5) is 0 Å². The van der Waals surface area contributed by atoms with Crippen molar-refractivity contribution in [2.24, 2.45) is 5.73 Å². The predicted octanol–water partition coefficient (Wildman–Crippen LogP) is -2.48.